The monoisotopic (exact) mass is 477 g/mol. The van der Waals surface area contributed by atoms with E-state index >= 15 is 0 Å². The van der Waals surface area contributed by atoms with Crippen molar-refractivity contribution in [2.75, 3.05) is 53.0 Å². The Labute approximate surface area is 174 Å². The van der Waals surface area contributed by atoms with Crippen molar-refractivity contribution in [2.45, 2.75) is 19.9 Å². The number of halogens is 1. The Morgan fingerprint density at radius 2 is 2.12 bits per heavy atom. The van der Waals surface area contributed by atoms with E-state index in [9.17, 15) is 0 Å². The van der Waals surface area contributed by atoms with Gasteiger partial charge in [-0.3, -0.25) is 14.9 Å². The first-order chi connectivity index (χ1) is 12.2. The van der Waals surface area contributed by atoms with Gasteiger partial charge in [-0.05, 0) is 18.1 Å². The van der Waals surface area contributed by atoms with Crippen LogP contribution in [0.2, 0.25) is 0 Å². The number of rotatable bonds is 8. The normalized spacial score (nSPS) is 16.7. The van der Waals surface area contributed by atoms with Crippen LogP contribution in [0.3, 0.4) is 0 Å². The SMILES string of the molecule is CN=C(NCCOc1cccnc1)NCC(C(C)C)N1CCOCC1.I. The molecule has 148 valence electrons. The quantitative estimate of drug-likeness (QED) is 0.257. The van der Waals surface area contributed by atoms with Gasteiger partial charge < -0.3 is 20.1 Å². The number of hydrogen-bond donors (Lipinski definition) is 2. The van der Waals surface area contributed by atoms with Crippen molar-refractivity contribution < 1.29 is 9.47 Å². The maximum absolute atomic E-state index is 5.63. The molecule has 1 atom stereocenters. The fourth-order valence-electron chi connectivity index (χ4n) is 2.89. The van der Waals surface area contributed by atoms with Gasteiger partial charge in [0.1, 0.15) is 12.4 Å². The van der Waals surface area contributed by atoms with E-state index in [0.717, 1.165) is 44.6 Å². The molecule has 7 nitrogen and oxygen atoms in total. The molecule has 1 aliphatic heterocycles. The lowest BCUT2D eigenvalue weighted by Crippen LogP contribution is -2.52. The molecule has 1 fully saturated rings. The Kier molecular flexibility index (Phi) is 11.5. The van der Waals surface area contributed by atoms with E-state index in [1.807, 2.05) is 12.1 Å². The summed E-state index contributed by atoms with van der Waals surface area (Å²) in [5, 5.41) is 6.72. The molecule has 0 spiro atoms. The number of guanidine groups is 1. The van der Waals surface area contributed by atoms with E-state index in [1.165, 1.54) is 0 Å². The molecule has 26 heavy (non-hydrogen) atoms. The van der Waals surface area contributed by atoms with Crippen molar-refractivity contribution in [3.8, 4) is 5.75 Å². The highest BCUT2D eigenvalue weighted by Gasteiger charge is 2.23. The van der Waals surface area contributed by atoms with Crippen molar-refractivity contribution in [3.63, 3.8) is 0 Å². The number of hydrogen-bond acceptors (Lipinski definition) is 5. The van der Waals surface area contributed by atoms with E-state index in [-0.39, 0.29) is 24.0 Å². The molecular weight excluding hydrogens is 445 g/mol. The van der Waals surface area contributed by atoms with Crippen LogP contribution >= 0.6 is 24.0 Å². The highest BCUT2D eigenvalue weighted by atomic mass is 127. The number of nitrogens with zero attached hydrogens (tertiary/aromatic N) is 3. The van der Waals surface area contributed by atoms with E-state index < -0.39 is 0 Å². The zero-order valence-corrected chi connectivity index (χ0v) is 18.3. The fraction of sp³-hybridized carbons (Fsp3) is 0.667. The van der Waals surface area contributed by atoms with Crippen LogP contribution in [0.5, 0.6) is 5.75 Å². The first-order valence-corrected chi connectivity index (χ1v) is 9.00. The third-order valence-corrected chi connectivity index (χ3v) is 4.28. The molecule has 0 aromatic carbocycles. The van der Waals surface area contributed by atoms with Crippen molar-refractivity contribution in [2.24, 2.45) is 10.9 Å². The standard InChI is InChI=1S/C18H31N5O2.HI/c1-15(2)17(23-8-11-24-12-9-23)14-22-18(19-3)21-7-10-25-16-5-4-6-20-13-16;/h4-6,13,15,17H,7-12,14H2,1-3H3,(H2,19,21,22);1H. The smallest absolute Gasteiger partial charge is 0.191 e. The van der Waals surface area contributed by atoms with Crippen LogP contribution in [0, 0.1) is 5.92 Å². The first kappa shape index (κ1) is 22.9. The molecule has 0 amide bonds. The molecule has 1 aromatic heterocycles. The number of morpholine rings is 1. The van der Waals surface area contributed by atoms with Gasteiger partial charge >= 0.3 is 0 Å². The lowest BCUT2D eigenvalue weighted by atomic mass is 10.0. The van der Waals surface area contributed by atoms with E-state index in [0.29, 0.717) is 25.1 Å². The molecule has 2 heterocycles. The summed E-state index contributed by atoms with van der Waals surface area (Å²) in [6.07, 6.45) is 3.44. The number of pyridine rings is 1. The van der Waals surface area contributed by atoms with Crippen LogP contribution in [0.4, 0.5) is 0 Å². The van der Waals surface area contributed by atoms with Crippen LogP contribution in [-0.4, -0.2) is 74.9 Å². The predicted molar refractivity (Wildman–Crippen MR) is 116 cm³/mol. The molecular formula is C18H32IN5O2. The van der Waals surface area contributed by atoms with E-state index in [4.69, 9.17) is 9.47 Å². The van der Waals surface area contributed by atoms with Crippen molar-refractivity contribution in [1.29, 1.82) is 0 Å². The molecule has 0 aliphatic carbocycles. The van der Waals surface area contributed by atoms with Gasteiger partial charge in [0, 0.05) is 38.9 Å². The Morgan fingerprint density at radius 3 is 2.73 bits per heavy atom. The fourth-order valence-corrected chi connectivity index (χ4v) is 2.89. The Bertz CT molecular complexity index is 510. The summed E-state index contributed by atoms with van der Waals surface area (Å²) in [7, 11) is 1.79. The molecule has 1 unspecified atom stereocenters. The highest BCUT2D eigenvalue weighted by molar-refractivity contribution is 14.0. The summed E-state index contributed by atoms with van der Waals surface area (Å²) in [6, 6.07) is 4.23. The molecule has 2 rings (SSSR count). The number of aliphatic imine (C=N–C) groups is 1. The Morgan fingerprint density at radius 1 is 1.35 bits per heavy atom. The molecule has 1 aliphatic rings. The topological polar surface area (TPSA) is 71.0 Å². The lowest BCUT2D eigenvalue weighted by molar-refractivity contribution is 0.00752. The van der Waals surface area contributed by atoms with E-state index in [2.05, 4.69) is 39.4 Å². The molecule has 0 saturated carbocycles. The minimum atomic E-state index is 0. The molecule has 1 saturated heterocycles. The second kappa shape index (κ2) is 13.1. The molecule has 1 aromatic rings. The highest BCUT2D eigenvalue weighted by Crippen LogP contribution is 2.12. The van der Waals surface area contributed by atoms with Crippen LogP contribution in [-0.2, 0) is 4.74 Å². The van der Waals surface area contributed by atoms with Gasteiger partial charge in [0.05, 0.1) is 26.0 Å². The first-order valence-electron chi connectivity index (χ1n) is 9.00. The lowest BCUT2D eigenvalue weighted by Gasteiger charge is -2.37. The van der Waals surface area contributed by atoms with Gasteiger partial charge in [0.25, 0.3) is 0 Å². The maximum atomic E-state index is 5.63. The largest absolute Gasteiger partial charge is 0.490 e. The average molecular weight is 477 g/mol. The van der Waals surface area contributed by atoms with Crippen molar-refractivity contribution in [3.05, 3.63) is 24.5 Å². The van der Waals surface area contributed by atoms with Gasteiger partial charge in [0.2, 0.25) is 0 Å². The Hall–Kier alpha value is -1.13. The third kappa shape index (κ3) is 8.05. The summed E-state index contributed by atoms with van der Waals surface area (Å²) in [4.78, 5) is 10.8. The molecule has 8 heteroatoms. The third-order valence-electron chi connectivity index (χ3n) is 4.28. The molecule has 0 bridgehead atoms. The summed E-state index contributed by atoms with van der Waals surface area (Å²) in [5.74, 6) is 2.14. The van der Waals surface area contributed by atoms with Gasteiger partial charge in [-0.15, -0.1) is 24.0 Å². The van der Waals surface area contributed by atoms with Gasteiger partial charge in [-0.2, -0.15) is 0 Å². The zero-order valence-electron chi connectivity index (χ0n) is 16.0. The summed E-state index contributed by atoms with van der Waals surface area (Å²) < 4.78 is 11.1. The van der Waals surface area contributed by atoms with Crippen LogP contribution in [0.15, 0.2) is 29.5 Å². The van der Waals surface area contributed by atoms with Crippen molar-refractivity contribution in [1.82, 2.24) is 20.5 Å². The Balaban J connectivity index is 0.00000338. The minimum Gasteiger partial charge on any atom is -0.490 e. The van der Waals surface area contributed by atoms with Gasteiger partial charge in [-0.1, -0.05) is 13.8 Å². The molecule has 2 N–H and O–H groups in total. The second-order valence-electron chi connectivity index (χ2n) is 6.38. The summed E-state index contributed by atoms with van der Waals surface area (Å²) in [5.41, 5.74) is 0. The molecule has 0 radical (unpaired) electrons. The summed E-state index contributed by atoms with van der Waals surface area (Å²) >= 11 is 0. The van der Waals surface area contributed by atoms with Gasteiger partial charge in [-0.25, -0.2) is 0 Å². The number of nitrogens with one attached hydrogen (secondary N) is 2. The van der Waals surface area contributed by atoms with Gasteiger partial charge in [0.15, 0.2) is 5.96 Å². The average Bonchev–Trinajstić information content (AvgIpc) is 2.65. The second-order valence-corrected chi connectivity index (χ2v) is 6.38. The number of aromatic nitrogens is 1. The zero-order chi connectivity index (χ0) is 17.9. The summed E-state index contributed by atoms with van der Waals surface area (Å²) in [6.45, 7) is 10.3. The van der Waals surface area contributed by atoms with Crippen molar-refractivity contribution >= 4 is 29.9 Å². The van der Waals surface area contributed by atoms with Crippen LogP contribution in [0.1, 0.15) is 13.8 Å². The predicted octanol–water partition coefficient (Wildman–Crippen LogP) is 1.60. The maximum Gasteiger partial charge on any atom is 0.191 e. The minimum absolute atomic E-state index is 0. The number of ether oxygens (including phenoxy) is 2. The van der Waals surface area contributed by atoms with E-state index in [1.54, 1.807) is 19.4 Å². The van der Waals surface area contributed by atoms with Crippen LogP contribution in [0.25, 0.3) is 0 Å². The van der Waals surface area contributed by atoms with Crippen LogP contribution < -0.4 is 15.4 Å².